The Morgan fingerprint density at radius 2 is 1.87 bits per heavy atom. The van der Waals surface area contributed by atoms with Gasteiger partial charge in [0.25, 0.3) is 21.7 Å². The number of nitrogens with zero attached hydrogens (tertiary/aromatic N) is 3. The third-order valence-electron chi connectivity index (χ3n) is 3.72. The number of nitrogens with one attached hydrogen (secondary N) is 1. The van der Waals surface area contributed by atoms with E-state index >= 15 is 0 Å². The van der Waals surface area contributed by atoms with Gasteiger partial charge in [-0.1, -0.05) is 12.1 Å². The molecule has 0 bridgehead atoms. The number of anilines is 1. The van der Waals surface area contributed by atoms with Crippen molar-refractivity contribution in [3.63, 3.8) is 0 Å². The van der Waals surface area contributed by atoms with Crippen LogP contribution in [0.25, 0.3) is 0 Å². The molecule has 0 saturated carbocycles. The maximum Gasteiger partial charge on any atom is 0.298 e. The first-order valence-electron chi connectivity index (χ1n) is 8.15. The second-order valence-electron chi connectivity index (χ2n) is 5.80. The Bertz CT molecular complexity index is 1140. The van der Waals surface area contributed by atoms with Gasteiger partial charge in [0.15, 0.2) is 11.5 Å². The number of methoxy groups -OCH3 is 1. The Morgan fingerprint density at radius 1 is 1.23 bits per heavy atom. The molecule has 2 N–H and O–H groups in total. The van der Waals surface area contributed by atoms with Gasteiger partial charge in [-0.15, -0.1) is 5.11 Å². The van der Waals surface area contributed by atoms with Crippen LogP contribution in [0.2, 0.25) is 0 Å². The van der Waals surface area contributed by atoms with Crippen LogP contribution in [-0.4, -0.2) is 80.5 Å². The average Bonchev–Trinajstić information content (AvgIpc) is 2.67. The summed E-state index contributed by atoms with van der Waals surface area (Å²) in [6.07, 6.45) is 0. The summed E-state index contributed by atoms with van der Waals surface area (Å²) >= 11 is 0. The number of para-hydroxylation sites is 2. The van der Waals surface area contributed by atoms with E-state index in [4.69, 9.17) is 9.29 Å². The number of rotatable bonds is 8. The Hall–Kier alpha value is -2.45. The van der Waals surface area contributed by atoms with Crippen LogP contribution in [-0.2, 0) is 19.7 Å². The van der Waals surface area contributed by atoms with E-state index in [0.717, 1.165) is 19.1 Å². The molecule has 0 heterocycles. The number of hydrogen-bond acceptors (Lipinski definition) is 9. The summed E-state index contributed by atoms with van der Waals surface area (Å²) in [6, 6.07) is 7.16. The molecule has 2 rings (SSSR count). The molecule has 0 aliphatic heterocycles. The molecule has 2 radical (unpaired) electrons. The minimum absolute atomic E-state index is 0. The predicted octanol–water partition coefficient (Wildman–Crippen LogP) is 2.15. The molecule has 0 fully saturated rings. The number of carbonyl (C=O) groups excluding carboxylic acids is 2. The molecule has 1 amide bonds. The Morgan fingerprint density at radius 3 is 2.42 bits per heavy atom. The van der Waals surface area contributed by atoms with Gasteiger partial charge in [-0.2, -0.15) is 13.5 Å². The van der Waals surface area contributed by atoms with Gasteiger partial charge in [0, 0.05) is 43.8 Å². The van der Waals surface area contributed by atoms with Crippen molar-refractivity contribution in [2.75, 3.05) is 12.4 Å². The van der Waals surface area contributed by atoms with E-state index in [9.17, 15) is 28.1 Å². The van der Waals surface area contributed by atoms with Crippen LogP contribution >= 0.6 is 0 Å². The molecule has 0 saturated heterocycles. The zero-order valence-corrected chi connectivity index (χ0v) is 19.4. The summed E-state index contributed by atoms with van der Waals surface area (Å²) in [7, 11) is -3.29. The molecule has 2 aromatic rings. The first kappa shape index (κ1) is 26.6. The summed E-state index contributed by atoms with van der Waals surface area (Å²) in [6.45, 7) is 1.08. The van der Waals surface area contributed by atoms with Crippen LogP contribution in [0.4, 0.5) is 17.1 Å². The van der Waals surface area contributed by atoms with Gasteiger partial charge in [0.2, 0.25) is 6.04 Å². The second kappa shape index (κ2) is 11.2. The van der Waals surface area contributed by atoms with Gasteiger partial charge >= 0.3 is 0 Å². The summed E-state index contributed by atoms with van der Waals surface area (Å²) in [4.78, 5) is 33.9. The first-order chi connectivity index (χ1) is 14.0. The summed E-state index contributed by atoms with van der Waals surface area (Å²) in [5, 5.41) is 20.8. The van der Waals surface area contributed by atoms with Crippen LogP contribution < -0.4 is 10.1 Å². The van der Waals surface area contributed by atoms with Gasteiger partial charge in [0.1, 0.15) is 10.6 Å². The van der Waals surface area contributed by atoms with Crippen molar-refractivity contribution < 1.29 is 32.2 Å². The third-order valence-corrected chi connectivity index (χ3v) is 4.57. The van der Waals surface area contributed by atoms with Gasteiger partial charge in [0.05, 0.1) is 17.7 Å². The zero-order valence-electron chi connectivity index (χ0n) is 16.4. The smallest absolute Gasteiger partial charge is 0.298 e. The Kier molecular flexibility index (Phi) is 9.65. The molecule has 0 aliphatic carbocycles. The van der Waals surface area contributed by atoms with Crippen molar-refractivity contribution >= 4 is 76.6 Å². The number of ketones is 1. The molecule has 0 aliphatic rings. The van der Waals surface area contributed by atoms with Gasteiger partial charge in [-0.25, -0.2) is 0 Å². The van der Waals surface area contributed by atoms with E-state index in [1.807, 2.05) is 0 Å². The third kappa shape index (κ3) is 7.04. The van der Waals surface area contributed by atoms with Crippen LogP contribution in [0.15, 0.2) is 57.6 Å². The van der Waals surface area contributed by atoms with Crippen molar-refractivity contribution in [2.24, 2.45) is 10.2 Å². The van der Waals surface area contributed by atoms with Crippen molar-refractivity contribution in [3.8, 4) is 5.75 Å². The SMILES string of the molecule is COc1ccccc1NC(=O)C(N=Nc1ccc(S(=O)(=O)O)cc1[N+](=O)[O-])C(C)=O.[Ca]. The van der Waals surface area contributed by atoms with E-state index < -0.39 is 49.0 Å². The molecule has 160 valence electrons. The quantitative estimate of drug-likeness (QED) is 0.145. The molecule has 1 atom stereocenters. The van der Waals surface area contributed by atoms with E-state index in [1.165, 1.54) is 13.2 Å². The van der Waals surface area contributed by atoms with E-state index in [1.54, 1.807) is 18.2 Å². The molecule has 0 aromatic heterocycles. The first-order valence-corrected chi connectivity index (χ1v) is 9.59. The van der Waals surface area contributed by atoms with Gasteiger partial charge in [-0.3, -0.25) is 24.3 Å². The Balaban J connectivity index is 0.00000480. The number of nitro benzene ring substituents is 1. The molecule has 12 nitrogen and oxygen atoms in total. The second-order valence-corrected chi connectivity index (χ2v) is 7.22. The summed E-state index contributed by atoms with van der Waals surface area (Å²) < 4.78 is 36.4. The van der Waals surface area contributed by atoms with Crippen LogP contribution in [0, 0.1) is 10.1 Å². The number of hydrogen-bond donors (Lipinski definition) is 2. The molecular formula is C17H16CaN4O8S. The van der Waals surface area contributed by atoms with Crippen molar-refractivity contribution in [1.29, 1.82) is 0 Å². The van der Waals surface area contributed by atoms with Crippen molar-refractivity contribution in [3.05, 3.63) is 52.6 Å². The predicted molar refractivity (Wildman–Crippen MR) is 109 cm³/mol. The largest absolute Gasteiger partial charge is 0.495 e. The Labute approximate surface area is 206 Å². The van der Waals surface area contributed by atoms with Crippen LogP contribution in [0.5, 0.6) is 5.75 Å². The molecule has 0 spiro atoms. The zero-order chi connectivity index (χ0) is 22.5. The number of Topliss-reactive ketones (excluding diaryl/α,β-unsaturated/α-hetero) is 1. The summed E-state index contributed by atoms with van der Waals surface area (Å²) in [5.41, 5.74) is -0.931. The van der Waals surface area contributed by atoms with Crippen LogP contribution in [0.1, 0.15) is 6.92 Å². The standard InChI is InChI=1S/C17H16N4O8S.Ca/c1-10(22)16(17(23)18-13-5-3-4-6-15(13)29-2)20-19-12-8-7-11(30(26,27)28)9-14(12)21(24)25;/h3-9,16H,1-2H3,(H,18,23)(H,26,27,28);. The number of ether oxygens (including phenoxy) is 1. The van der Waals surface area contributed by atoms with E-state index in [-0.39, 0.29) is 43.4 Å². The van der Waals surface area contributed by atoms with Crippen molar-refractivity contribution in [2.45, 2.75) is 17.9 Å². The number of amides is 1. The number of azo groups is 1. The maximum absolute atomic E-state index is 12.5. The normalized spacial score (nSPS) is 12.0. The number of carbonyl (C=O) groups is 2. The van der Waals surface area contributed by atoms with Crippen molar-refractivity contribution in [1.82, 2.24) is 0 Å². The summed E-state index contributed by atoms with van der Waals surface area (Å²) in [5.74, 6) is -1.21. The topological polar surface area (TPSA) is 178 Å². The van der Waals surface area contributed by atoms with E-state index in [0.29, 0.717) is 11.8 Å². The fourth-order valence-electron chi connectivity index (χ4n) is 2.28. The number of nitro groups is 1. The molecular weight excluding hydrogens is 460 g/mol. The minimum atomic E-state index is -4.68. The average molecular weight is 476 g/mol. The fourth-order valence-corrected chi connectivity index (χ4v) is 2.78. The minimum Gasteiger partial charge on any atom is -0.495 e. The molecule has 14 heteroatoms. The van der Waals surface area contributed by atoms with Gasteiger partial charge in [-0.05, 0) is 31.2 Å². The number of benzene rings is 2. The molecule has 2 aromatic carbocycles. The van der Waals surface area contributed by atoms with E-state index in [2.05, 4.69) is 15.5 Å². The van der Waals surface area contributed by atoms with Crippen LogP contribution in [0.3, 0.4) is 0 Å². The maximum atomic E-state index is 12.5. The monoisotopic (exact) mass is 476 g/mol. The molecule has 31 heavy (non-hydrogen) atoms. The van der Waals surface area contributed by atoms with Gasteiger partial charge < -0.3 is 10.1 Å². The molecule has 1 unspecified atom stereocenters. The fraction of sp³-hybridized carbons (Fsp3) is 0.176.